The van der Waals surface area contributed by atoms with E-state index in [9.17, 15) is 18.3 Å². The number of hydrogen-bond donors (Lipinski definition) is 1. The van der Waals surface area contributed by atoms with Crippen LogP contribution in [0.1, 0.15) is 24.8 Å². The molecule has 2 aliphatic heterocycles. The molecule has 1 unspecified atom stereocenters. The van der Waals surface area contributed by atoms with E-state index >= 15 is 0 Å². The summed E-state index contributed by atoms with van der Waals surface area (Å²) in [7, 11) is -3.94. The van der Waals surface area contributed by atoms with E-state index < -0.39 is 21.7 Å². The molecule has 34 heavy (non-hydrogen) atoms. The molecule has 184 valence electrons. The Hall–Kier alpha value is -1.39. The highest BCUT2D eigenvalue weighted by molar-refractivity contribution is 7.89. The monoisotopic (exact) mass is 546 g/mol. The molecule has 0 aliphatic carbocycles. The average molecular weight is 548 g/mol. The van der Waals surface area contributed by atoms with E-state index in [1.54, 1.807) is 4.90 Å². The first-order valence-electron chi connectivity index (χ1n) is 10.9. The number of carbonyl (C=O) groups is 1. The van der Waals surface area contributed by atoms with Gasteiger partial charge < -0.3 is 14.7 Å². The van der Waals surface area contributed by atoms with Gasteiger partial charge in [-0.15, -0.1) is 0 Å². The van der Waals surface area contributed by atoms with Crippen LogP contribution in [-0.4, -0.2) is 67.5 Å². The minimum absolute atomic E-state index is 0.0439. The first-order valence-corrected chi connectivity index (χ1v) is 13.5. The van der Waals surface area contributed by atoms with Gasteiger partial charge >= 0.3 is 0 Å². The maximum absolute atomic E-state index is 13.1. The van der Waals surface area contributed by atoms with Crippen LogP contribution in [0.5, 0.6) is 0 Å². The molecule has 0 bridgehead atoms. The van der Waals surface area contributed by atoms with Crippen molar-refractivity contribution in [1.29, 1.82) is 0 Å². The van der Waals surface area contributed by atoms with Crippen molar-refractivity contribution in [2.45, 2.75) is 35.9 Å². The fraction of sp³-hybridized carbons (Fsp3) is 0.435. The Morgan fingerprint density at radius 3 is 2.29 bits per heavy atom. The van der Waals surface area contributed by atoms with Gasteiger partial charge in [0.2, 0.25) is 15.9 Å². The SMILES string of the molecule is O=C(COC1CCN(S(=O)(=O)c2c(Cl)cc(Cl)cc2Cl)C1)N1CCC(O)(c2ccccc2)CC1. The largest absolute Gasteiger partial charge is 0.385 e. The second-order valence-corrected chi connectivity index (χ2v) is 11.7. The predicted molar refractivity (Wildman–Crippen MR) is 131 cm³/mol. The number of carbonyl (C=O) groups excluding carboxylic acids is 1. The van der Waals surface area contributed by atoms with E-state index in [0.717, 1.165) is 5.56 Å². The number of hydrogen-bond acceptors (Lipinski definition) is 5. The number of amides is 1. The van der Waals surface area contributed by atoms with Crippen LogP contribution in [0, 0.1) is 0 Å². The summed E-state index contributed by atoms with van der Waals surface area (Å²) >= 11 is 18.1. The minimum Gasteiger partial charge on any atom is -0.385 e. The van der Waals surface area contributed by atoms with Gasteiger partial charge in [0, 0.05) is 31.2 Å². The van der Waals surface area contributed by atoms with Gasteiger partial charge in [0.05, 0.1) is 21.8 Å². The van der Waals surface area contributed by atoms with Gasteiger partial charge in [0.1, 0.15) is 11.5 Å². The third kappa shape index (κ3) is 5.38. The van der Waals surface area contributed by atoms with E-state index in [4.69, 9.17) is 39.5 Å². The highest BCUT2D eigenvalue weighted by Gasteiger charge is 2.38. The molecule has 0 saturated carbocycles. The zero-order chi connectivity index (χ0) is 24.5. The molecular formula is C23H25Cl3N2O5S. The molecule has 0 radical (unpaired) electrons. The molecule has 7 nitrogen and oxygen atoms in total. The Morgan fingerprint density at radius 2 is 1.68 bits per heavy atom. The molecule has 2 aromatic rings. The van der Waals surface area contributed by atoms with E-state index in [0.29, 0.717) is 32.4 Å². The number of rotatable bonds is 6. The van der Waals surface area contributed by atoms with Gasteiger partial charge in [0.25, 0.3) is 0 Å². The van der Waals surface area contributed by atoms with Gasteiger partial charge in [0.15, 0.2) is 0 Å². The van der Waals surface area contributed by atoms with Crippen molar-refractivity contribution in [3.63, 3.8) is 0 Å². The molecule has 1 atom stereocenters. The highest BCUT2D eigenvalue weighted by atomic mass is 35.5. The van der Waals surface area contributed by atoms with Gasteiger partial charge in [-0.05, 0) is 37.0 Å². The molecule has 2 saturated heterocycles. The van der Waals surface area contributed by atoms with Crippen LogP contribution >= 0.6 is 34.8 Å². The summed E-state index contributed by atoms with van der Waals surface area (Å²) in [4.78, 5) is 14.2. The van der Waals surface area contributed by atoms with Crippen LogP contribution in [0.3, 0.4) is 0 Å². The molecule has 2 aromatic carbocycles. The van der Waals surface area contributed by atoms with Gasteiger partial charge in [-0.2, -0.15) is 4.31 Å². The normalized spacial score (nSPS) is 21.1. The lowest BCUT2D eigenvalue weighted by Crippen LogP contribution is -2.46. The van der Waals surface area contributed by atoms with Crippen molar-refractivity contribution in [2.24, 2.45) is 0 Å². The predicted octanol–water partition coefficient (Wildman–Crippen LogP) is 3.94. The maximum atomic E-state index is 13.1. The van der Waals surface area contributed by atoms with E-state index in [1.165, 1.54) is 16.4 Å². The summed E-state index contributed by atoms with van der Waals surface area (Å²) in [5.41, 5.74) is -0.0878. The maximum Gasteiger partial charge on any atom is 0.248 e. The number of ether oxygens (including phenoxy) is 1. The van der Waals surface area contributed by atoms with E-state index in [1.807, 2.05) is 30.3 Å². The van der Waals surface area contributed by atoms with Crippen molar-refractivity contribution in [3.05, 3.63) is 63.1 Å². The fourth-order valence-corrected chi connectivity index (χ4v) is 7.38. The van der Waals surface area contributed by atoms with Gasteiger partial charge in [-0.3, -0.25) is 4.79 Å². The fourth-order valence-electron chi connectivity index (χ4n) is 4.40. The number of likely N-dealkylation sites (tertiary alicyclic amines) is 1. The van der Waals surface area contributed by atoms with Crippen molar-refractivity contribution < 1.29 is 23.1 Å². The van der Waals surface area contributed by atoms with Crippen LogP contribution < -0.4 is 0 Å². The number of aliphatic hydroxyl groups is 1. The number of benzene rings is 2. The summed E-state index contributed by atoms with van der Waals surface area (Å²) < 4.78 is 33.1. The molecule has 0 spiro atoms. The van der Waals surface area contributed by atoms with Gasteiger partial charge in [-0.25, -0.2) is 8.42 Å². The molecule has 2 heterocycles. The van der Waals surface area contributed by atoms with Crippen LogP contribution in [0.4, 0.5) is 0 Å². The lowest BCUT2D eigenvalue weighted by atomic mass is 9.84. The average Bonchev–Trinajstić information content (AvgIpc) is 3.28. The van der Waals surface area contributed by atoms with Crippen molar-refractivity contribution in [3.8, 4) is 0 Å². The van der Waals surface area contributed by atoms with Crippen molar-refractivity contribution in [1.82, 2.24) is 9.21 Å². The van der Waals surface area contributed by atoms with Crippen LogP contribution in [0.15, 0.2) is 47.4 Å². The Kier molecular flexibility index (Phi) is 7.79. The second-order valence-electron chi connectivity index (χ2n) is 8.56. The lowest BCUT2D eigenvalue weighted by molar-refractivity contribution is -0.142. The van der Waals surface area contributed by atoms with Gasteiger partial charge in [-0.1, -0.05) is 65.1 Å². The number of sulfonamides is 1. The van der Waals surface area contributed by atoms with Crippen molar-refractivity contribution in [2.75, 3.05) is 32.8 Å². The van der Waals surface area contributed by atoms with E-state index in [-0.39, 0.29) is 45.6 Å². The van der Waals surface area contributed by atoms with Crippen LogP contribution in [0.2, 0.25) is 15.1 Å². The summed E-state index contributed by atoms with van der Waals surface area (Å²) in [5, 5.41) is 11.1. The standard InChI is InChI=1S/C23H25Cl3N2O5S/c24-17-12-19(25)22(20(26)13-17)34(31,32)28-9-6-18(14-28)33-15-21(29)27-10-7-23(30,8-11-27)16-4-2-1-3-5-16/h1-5,12-13,18,30H,6-11,14-15H2. The third-order valence-electron chi connectivity index (χ3n) is 6.37. The molecule has 4 rings (SSSR count). The van der Waals surface area contributed by atoms with Crippen LogP contribution in [-0.2, 0) is 25.2 Å². The number of piperidine rings is 1. The molecule has 2 aliphatic rings. The highest BCUT2D eigenvalue weighted by Crippen LogP contribution is 2.36. The second kappa shape index (κ2) is 10.3. The summed E-state index contributed by atoms with van der Waals surface area (Å²) in [6.45, 7) is 1.02. The summed E-state index contributed by atoms with van der Waals surface area (Å²) in [6.07, 6.45) is 0.916. The smallest absolute Gasteiger partial charge is 0.248 e. The van der Waals surface area contributed by atoms with Crippen molar-refractivity contribution >= 4 is 50.7 Å². The molecular weight excluding hydrogens is 523 g/mol. The minimum atomic E-state index is -3.94. The third-order valence-corrected chi connectivity index (χ3v) is 9.37. The lowest BCUT2D eigenvalue weighted by Gasteiger charge is -2.38. The zero-order valence-electron chi connectivity index (χ0n) is 18.3. The Morgan fingerprint density at radius 1 is 1.06 bits per heavy atom. The molecule has 11 heteroatoms. The Labute approximate surface area is 214 Å². The quantitative estimate of drug-likeness (QED) is 0.592. The molecule has 1 N–H and O–H groups in total. The Bertz CT molecular complexity index is 1130. The number of halogens is 3. The first kappa shape index (κ1) is 25.7. The molecule has 2 fully saturated rings. The summed E-state index contributed by atoms with van der Waals surface area (Å²) in [5.74, 6) is -0.180. The molecule has 0 aromatic heterocycles. The Balaban J connectivity index is 1.30. The van der Waals surface area contributed by atoms with Crippen LogP contribution in [0.25, 0.3) is 0 Å². The summed E-state index contributed by atoms with van der Waals surface area (Å²) in [6, 6.07) is 12.1. The number of nitrogens with zero attached hydrogens (tertiary/aromatic N) is 2. The zero-order valence-corrected chi connectivity index (χ0v) is 21.4. The molecule has 1 amide bonds. The van der Waals surface area contributed by atoms with E-state index in [2.05, 4.69) is 0 Å². The first-order chi connectivity index (χ1) is 16.1. The topological polar surface area (TPSA) is 87.2 Å².